The molecule has 0 heterocycles. The van der Waals surface area contributed by atoms with Gasteiger partial charge in [-0.3, -0.25) is 24.5 Å². The van der Waals surface area contributed by atoms with Crippen molar-refractivity contribution in [1.82, 2.24) is 10.6 Å². The van der Waals surface area contributed by atoms with Crippen LogP contribution in [-0.2, 0) is 4.79 Å². The van der Waals surface area contributed by atoms with Crippen LogP contribution in [0.1, 0.15) is 39.6 Å². The molecule has 2 aromatic carbocycles. The molecule has 0 unspecified atom stereocenters. The molecule has 0 aromatic heterocycles. The van der Waals surface area contributed by atoms with Crippen LogP contribution in [0, 0.1) is 17.0 Å². The quantitative estimate of drug-likeness (QED) is 0.357. The fourth-order valence-corrected chi connectivity index (χ4v) is 2.46. The molecule has 0 atom stereocenters. The highest BCUT2D eigenvalue weighted by molar-refractivity contribution is 6.05. The summed E-state index contributed by atoms with van der Waals surface area (Å²) in [4.78, 5) is 46.0. The maximum atomic E-state index is 12.3. The molecule has 0 saturated heterocycles. The van der Waals surface area contributed by atoms with Crippen molar-refractivity contribution in [1.29, 1.82) is 0 Å². The lowest BCUT2D eigenvalue weighted by atomic mass is 10.1. The molecule has 0 bridgehead atoms. The maximum absolute atomic E-state index is 12.3. The van der Waals surface area contributed by atoms with Gasteiger partial charge in [-0.15, -0.1) is 0 Å². The average Bonchev–Trinajstić information content (AvgIpc) is 2.71. The Morgan fingerprint density at radius 2 is 1.55 bits per heavy atom. The number of nitro groups is 1. The Hall–Kier alpha value is -3.75. The lowest BCUT2D eigenvalue weighted by Gasteiger charge is -2.08. The Morgan fingerprint density at radius 3 is 2.17 bits per heavy atom. The summed E-state index contributed by atoms with van der Waals surface area (Å²) < 4.78 is 0. The Kier molecular flexibility index (Phi) is 7.41. The number of carbonyl (C=O) groups is 3. The summed E-state index contributed by atoms with van der Waals surface area (Å²) in [6.45, 7) is 3.99. The Labute approximate surface area is 167 Å². The molecule has 0 aliphatic carbocycles. The fraction of sp³-hybridized carbons (Fsp3) is 0.250. The van der Waals surface area contributed by atoms with Gasteiger partial charge < -0.3 is 16.0 Å². The second-order valence-corrected chi connectivity index (χ2v) is 6.25. The number of aryl methyl sites for hydroxylation is 1. The van der Waals surface area contributed by atoms with Gasteiger partial charge in [0.2, 0.25) is 5.91 Å². The number of nitrogens with one attached hydrogen (secondary N) is 3. The van der Waals surface area contributed by atoms with Gasteiger partial charge in [0, 0.05) is 48.0 Å². The minimum atomic E-state index is -0.535. The van der Waals surface area contributed by atoms with E-state index in [1.165, 1.54) is 18.2 Å². The van der Waals surface area contributed by atoms with E-state index in [0.29, 0.717) is 36.3 Å². The molecule has 0 aliphatic rings. The van der Waals surface area contributed by atoms with Gasteiger partial charge in [0.25, 0.3) is 17.5 Å². The molecule has 0 spiro atoms. The van der Waals surface area contributed by atoms with Gasteiger partial charge in [-0.05, 0) is 37.3 Å². The highest BCUT2D eigenvalue weighted by atomic mass is 16.6. The molecule has 0 saturated carbocycles. The van der Waals surface area contributed by atoms with Crippen molar-refractivity contribution in [3.05, 3.63) is 69.3 Å². The number of benzene rings is 2. The highest BCUT2D eigenvalue weighted by Gasteiger charge is 2.15. The zero-order chi connectivity index (χ0) is 21.4. The SMILES string of the molecule is CCC(=O)NCCNC(=O)c1ccc(NC(=O)c2ccc(C)c([N+](=O)[O-])c2)cc1. The van der Waals surface area contributed by atoms with Crippen LogP contribution in [-0.4, -0.2) is 35.7 Å². The first-order chi connectivity index (χ1) is 13.8. The number of hydrogen-bond donors (Lipinski definition) is 3. The molecule has 0 radical (unpaired) electrons. The van der Waals surface area contributed by atoms with Crippen LogP contribution in [0.15, 0.2) is 42.5 Å². The van der Waals surface area contributed by atoms with Gasteiger partial charge in [0.15, 0.2) is 0 Å². The number of nitrogens with zero attached hydrogens (tertiary/aromatic N) is 1. The van der Waals surface area contributed by atoms with E-state index in [2.05, 4.69) is 16.0 Å². The van der Waals surface area contributed by atoms with Crippen molar-refractivity contribution >= 4 is 29.1 Å². The standard InChI is InChI=1S/C20H22N4O5/c1-3-18(25)21-10-11-22-19(26)14-6-8-16(9-7-14)23-20(27)15-5-4-13(2)17(12-15)24(28)29/h4-9,12H,3,10-11H2,1-2H3,(H,21,25)(H,22,26)(H,23,27). The highest BCUT2D eigenvalue weighted by Crippen LogP contribution is 2.20. The summed E-state index contributed by atoms with van der Waals surface area (Å²) >= 11 is 0. The number of amides is 3. The van der Waals surface area contributed by atoms with Crippen LogP contribution in [0.5, 0.6) is 0 Å². The Balaban J connectivity index is 1.94. The summed E-state index contributed by atoms with van der Waals surface area (Å²) in [6.07, 6.45) is 0.386. The molecule has 9 nitrogen and oxygen atoms in total. The lowest BCUT2D eigenvalue weighted by Crippen LogP contribution is -2.34. The van der Waals surface area contributed by atoms with E-state index in [4.69, 9.17) is 0 Å². The first kappa shape index (κ1) is 21.5. The molecule has 3 amide bonds. The van der Waals surface area contributed by atoms with Crippen molar-refractivity contribution in [3.8, 4) is 0 Å². The van der Waals surface area contributed by atoms with Crippen molar-refractivity contribution < 1.29 is 19.3 Å². The molecule has 3 N–H and O–H groups in total. The number of rotatable bonds is 8. The van der Waals surface area contributed by atoms with Gasteiger partial charge >= 0.3 is 0 Å². The summed E-state index contributed by atoms with van der Waals surface area (Å²) in [5.41, 5.74) is 1.36. The minimum absolute atomic E-state index is 0.0850. The smallest absolute Gasteiger partial charge is 0.273 e. The molecular formula is C20H22N4O5. The topological polar surface area (TPSA) is 130 Å². The van der Waals surface area contributed by atoms with E-state index >= 15 is 0 Å². The third kappa shape index (κ3) is 6.13. The van der Waals surface area contributed by atoms with E-state index in [1.807, 2.05) is 0 Å². The number of anilines is 1. The van der Waals surface area contributed by atoms with Crippen molar-refractivity contribution in [2.24, 2.45) is 0 Å². The van der Waals surface area contributed by atoms with Crippen molar-refractivity contribution in [2.75, 3.05) is 18.4 Å². The number of nitro benzene ring substituents is 1. The van der Waals surface area contributed by atoms with Gasteiger partial charge in [-0.25, -0.2) is 0 Å². The molecule has 9 heteroatoms. The molecule has 2 aromatic rings. The number of hydrogen-bond acceptors (Lipinski definition) is 5. The fourth-order valence-electron chi connectivity index (χ4n) is 2.46. The van der Waals surface area contributed by atoms with Crippen molar-refractivity contribution in [3.63, 3.8) is 0 Å². The zero-order valence-corrected chi connectivity index (χ0v) is 16.2. The van der Waals surface area contributed by atoms with E-state index in [1.54, 1.807) is 38.1 Å². The van der Waals surface area contributed by atoms with E-state index in [9.17, 15) is 24.5 Å². The summed E-state index contributed by atoms with van der Waals surface area (Å²) in [6, 6.07) is 10.5. The number of carbonyl (C=O) groups excluding carboxylic acids is 3. The van der Waals surface area contributed by atoms with Crippen LogP contribution in [0.4, 0.5) is 11.4 Å². The van der Waals surface area contributed by atoms with Crippen molar-refractivity contribution in [2.45, 2.75) is 20.3 Å². The Morgan fingerprint density at radius 1 is 0.931 bits per heavy atom. The minimum Gasteiger partial charge on any atom is -0.354 e. The first-order valence-corrected chi connectivity index (χ1v) is 9.03. The van der Waals surface area contributed by atoms with Gasteiger partial charge in [0.1, 0.15) is 0 Å². The van der Waals surface area contributed by atoms with Crippen LogP contribution < -0.4 is 16.0 Å². The third-order valence-corrected chi connectivity index (χ3v) is 4.13. The van der Waals surface area contributed by atoms with E-state index in [-0.39, 0.29) is 23.1 Å². The summed E-state index contributed by atoms with van der Waals surface area (Å²) in [5, 5.41) is 19.0. The van der Waals surface area contributed by atoms with Gasteiger partial charge in [-0.1, -0.05) is 13.0 Å². The lowest BCUT2D eigenvalue weighted by molar-refractivity contribution is -0.385. The van der Waals surface area contributed by atoms with Crippen LogP contribution in [0.3, 0.4) is 0 Å². The van der Waals surface area contributed by atoms with Gasteiger partial charge in [0.05, 0.1) is 4.92 Å². The van der Waals surface area contributed by atoms with Gasteiger partial charge in [-0.2, -0.15) is 0 Å². The normalized spacial score (nSPS) is 10.1. The molecule has 0 aliphatic heterocycles. The molecule has 2 rings (SSSR count). The zero-order valence-electron chi connectivity index (χ0n) is 16.2. The Bertz CT molecular complexity index is 925. The monoisotopic (exact) mass is 398 g/mol. The molecule has 152 valence electrons. The average molecular weight is 398 g/mol. The largest absolute Gasteiger partial charge is 0.354 e. The second kappa shape index (κ2) is 9.98. The molecular weight excluding hydrogens is 376 g/mol. The van der Waals surface area contributed by atoms with E-state index < -0.39 is 10.8 Å². The van der Waals surface area contributed by atoms with Crippen LogP contribution in [0.25, 0.3) is 0 Å². The van der Waals surface area contributed by atoms with E-state index in [0.717, 1.165) is 0 Å². The second-order valence-electron chi connectivity index (χ2n) is 6.25. The maximum Gasteiger partial charge on any atom is 0.273 e. The molecule has 0 fully saturated rings. The predicted molar refractivity (Wildman–Crippen MR) is 108 cm³/mol. The summed E-state index contributed by atoms with van der Waals surface area (Å²) in [7, 11) is 0. The molecule has 29 heavy (non-hydrogen) atoms. The first-order valence-electron chi connectivity index (χ1n) is 9.03. The van der Waals surface area contributed by atoms with Crippen LogP contribution >= 0.6 is 0 Å². The summed E-state index contributed by atoms with van der Waals surface area (Å²) in [5.74, 6) is -0.877. The third-order valence-electron chi connectivity index (χ3n) is 4.13. The predicted octanol–water partition coefficient (Wildman–Crippen LogP) is 2.41. The van der Waals surface area contributed by atoms with Crippen LogP contribution in [0.2, 0.25) is 0 Å².